The van der Waals surface area contributed by atoms with Crippen molar-refractivity contribution in [1.29, 1.82) is 5.26 Å². The van der Waals surface area contributed by atoms with Crippen molar-refractivity contribution in [3.05, 3.63) is 18.0 Å². The van der Waals surface area contributed by atoms with E-state index in [-0.39, 0.29) is 0 Å². The maximum absolute atomic E-state index is 8.72. The third-order valence-electron chi connectivity index (χ3n) is 1.81. The van der Waals surface area contributed by atoms with Crippen LogP contribution in [0.2, 0.25) is 0 Å². The highest BCUT2D eigenvalue weighted by molar-refractivity contribution is 5.15. The number of hydrogen-bond acceptors (Lipinski definition) is 3. The summed E-state index contributed by atoms with van der Waals surface area (Å²) in [4.78, 5) is 0. The Morgan fingerprint density at radius 2 is 2.31 bits per heavy atom. The van der Waals surface area contributed by atoms with E-state index in [1.165, 1.54) is 7.11 Å². The Bertz CT molecular complexity index is 311. The molecule has 70 valence electrons. The number of methoxy groups -OCH3 is 1. The number of nitriles is 1. The van der Waals surface area contributed by atoms with Crippen LogP contribution in [0.25, 0.3) is 0 Å². The van der Waals surface area contributed by atoms with E-state index >= 15 is 0 Å². The second-order valence-corrected chi connectivity index (χ2v) is 3.09. The zero-order valence-electron chi connectivity index (χ0n) is 8.06. The Balaban J connectivity index is 2.85. The molecule has 0 bridgehead atoms. The molecule has 0 aliphatic carbocycles. The average Bonchev–Trinajstić information content (AvgIpc) is 2.56. The SMILES string of the molecule is COC(C#N)c1cnn(C(C)C)c1. The van der Waals surface area contributed by atoms with Crippen molar-refractivity contribution in [2.24, 2.45) is 0 Å². The molecule has 0 amide bonds. The van der Waals surface area contributed by atoms with Crippen LogP contribution in [0.4, 0.5) is 0 Å². The fraction of sp³-hybridized carbons (Fsp3) is 0.556. The molecule has 0 aromatic carbocycles. The Labute approximate surface area is 77.7 Å². The third-order valence-corrected chi connectivity index (χ3v) is 1.81. The highest BCUT2D eigenvalue weighted by atomic mass is 16.5. The summed E-state index contributed by atoms with van der Waals surface area (Å²) < 4.78 is 6.77. The first kappa shape index (κ1) is 9.75. The number of hydrogen-bond donors (Lipinski definition) is 0. The highest BCUT2D eigenvalue weighted by Gasteiger charge is 2.11. The van der Waals surface area contributed by atoms with Crippen LogP contribution in [0.15, 0.2) is 12.4 Å². The Kier molecular flexibility index (Phi) is 3.04. The molecule has 1 unspecified atom stereocenters. The fourth-order valence-corrected chi connectivity index (χ4v) is 1.03. The van der Waals surface area contributed by atoms with Gasteiger partial charge in [0.05, 0.1) is 12.3 Å². The minimum Gasteiger partial charge on any atom is -0.362 e. The minimum atomic E-state index is -0.507. The van der Waals surface area contributed by atoms with Gasteiger partial charge in [-0.1, -0.05) is 0 Å². The molecule has 0 saturated carbocycles. The van der Waals surface area contributed by atoms with E-state index in [0.29, 0.717) is 6.04 Å². The van der Waals surface area contributed by atoms with Crippen molar-refractivity contribution in [3.8, 4) is 6.07 Å². The van der Waals surface area contributed by atoms with Gasteiger partial charge in [-0.15, -0.1) is 0 Å². The van der Waals surface area contributed by atoms with Gasteiger partial charge < -0.3 is 4.74 Å². The molecule has 1 aromatic heterocycles. The van der Waals surface area contributed by atoms with Crippen molar-refractivity contribution in [1.82, 2.24) is 9.78 Å². The largest absolute Gasteiger partial charge is 0.362 e. The zero-order chi connectivity index (χ0) is 9.84. The first-order valence-corrected chi connectivity index (χ1v) is 4.15. The van der Waals surface area contributed by atoms with Crippen molar-refractivity contribution >= 4 is 0 Å². The van der Waals surface area contributed by atoms with E-state index in [0.717, 1.165) is 5.56 Å². The van der Waals surface area contributed by atoms with Gasteiger partial charge in [0.2, 0.25) is 0 Å². The lowest BCUT2D eigenvalue weighted by molar-refractivity contribution is 0.148. The van der Waals surface area contributed by atoms with E-state index in [2.05, 4.69) is 5.10 Å². The van der Waals surface area contributed by atoms with Gasteiger partial charge in [-0.25, -0.2) is 0 Å². The lowest BCUT2D eigenvalue weighted by Gasteiger charge is -2.04. The summed E-state index contributed by atoms with van der Waals surface area (Å²) in [6, 6.07) is 2.35. The van der Waals surface area contributed by atoms with Crippen molar-refractivity contribution in [3.63, 3.8) is 0 Å². The number of nitrogens with zero attached hydrogens (tertiary/aromatic N) is 3. The predicted octanol–water partition coefficient (Wildman–Crippen LogP) is 1.68. The van der Waals surface area contributed by atoms with Gasteiger partial charge in [0.25, 0.3) is 0 Å². The first-order chi connectivity index (χ1) is 6.19. The van der Waals surface area contributed by atoms with Crippen molar-refractivity contribution in [2.45, 2.75) is 26.0 Å². The predicted molar refractivity (Wildman–Crippen MR) is 48.0 cm³/mol. The molecule has 0 N–H and O–H groups in total. The van der Waals surface area contributed by atoms with Gasteiger partial charge in [-0.3, -0.25) is 4.68 Å². The average molecular weight is 179 g/mol. The van der Waals surface area contributed by atoms with Crippen LogP contribution in [0.5, 0.6) is 0 Å². The molecule has 0 aliphatic heterocycles. The number of aromatic nitrogens is 2. The molecule has 1 heterocycles. The van der Waals surface area contributed by atoms with Crippen LogP contribution in [0.3, 0.4) is 0 Å². The van der Waals surface area contributed by atoms with Crippen LogP contribution in [-0.2, 0) is 4.74 Å². The molecule has 4 heteroatoms. The normalized spacial score (nSPS) is 12.8. The zero-order valence-corrected chi connectivity index (χ0v) is 8.06. The molecule has 1 aromatic rings. The lowest BCUT2D eigenvalue weighted by Crippen LogP contribution is -2.01. The highest BCUT2D eigenvalue weighted by Crippen LogP contribution is 2.15. The Morgan fingerprint density at radius 3 is 2.69 bits per heavy atom. The summed E-state index contributed by atoms with van der Waals surface area (Å²) in [5.41, 5.74) is 0.804. The fourth-order valence-electron chi connectivity index (χ4n) is 1.03. The van der Waals surface area contributed by atoms with Crippen LogP contribution >= 0.6 is 0 Å². The van der Waals surface area contributed by atoms with Crippen molar-refractivity contribution in [2.75, 3.05) is 7.11 Å². The Morgan fingerprint density at radius 1 is 1.62 bits per heavy atom. The summed E-state index contributed by atoms with van der Waals surface area (Å²) in [6.07, 6.45) is 2.99. The van der Waals surface area contributed by atoms with Gasteiger partial charge in [0, 0.05) is 24.9 Å². The van der Waals surface area contributed by atoms with E-state index in [1.54, 1.807) is 10.9 Å². The molecule has 0 spiro atoms. The molecule has 0 saturated heterocycles. The molecule has 1 rings (SSSR count). The standard InChI is InChI=1S/C9H13N3O/c1-7(2)12-6-8(5-11-12)9(4-10)13-3/h5-7,9H,1-3H3. The molecule has 0 radical (unpaired) electrons. The van der Waals surface area contributed by atoms with E-state index < -0.39 is 6.10 Å². The van der Waals surface area contributed by atoms with Gasteiger partial charge in [0.1, 0.15) is 0 Å². The van der Waals surface area contributed by atoms with Crippen LogP contribution in [-0.4, -0.2) is 16.9 Å². The monoisotopic (exact) mass is 179 g/mol. The van der Waals surface area contributed by atoms with Crippen LogP contribution in [0.1, 0.15) is 31.6 Å². The molecule has 13 heavy (non-hydrogen) atoms. The number of rotatable bonds is 3. The number of ether oxygens (including phenoxy) is 1. The molecular formula is C9H13N3O. The van der Waals surface area contributed by atoms with Crippen LogP contribution in [0, 0.1) is 11.3 Å². The quantitative estimate of drug-likeness (QED) is 0.709. The lowest BCUT2D eigenvalue weighted by atomic mass is 10.2. The second-order valence-electron chi connectivity index (χ2n) is 3.09. The summed E-state index contributed by atoms with van der Waals surface area (Å²) in [6.45, 7) is 4.07. The molecule has 1 atom stereocenters. The van der Waals surface area contributed by atoms with Crippen LogP contribution < -0.4 is 0 Å². The van der Waals surface area contributed by atoms with Gasteiger partial charge >= 0.3 is 0 Å². The first-order valence-electron chi connectivity index (χ1n) is 4.15. The van der Waals surface area contributed by atoms with E-state index in [4.69, 9.17) is 10.00 Å². The molecule has 0 fully saturated rings. The van der Waals surface area contributed by atoms with Gasteiger partial charge in [-0.05, 0) is 13.8 Å². The maximum atomic E-state index is 8.72. The summed E-state index contributed by atoms with van der Waals surface area (Å²) in [7, 11) is 1.51. The van der Waals surface area contributed by atoms with E-state index in [9.17, 15) is 0 Å². The summed E-state index contributed by atoms with van der Waals surface area (Å²) in [5, 5.41) is 12.8. The van der Waals surface area contributed by atoms with Gasteiger partial charge in [0.15, 0.2) is 6.10 Å². The second kappa shape index (κ2) is 4.06. The molecular weight excluding hydrogens is 166 g/mol. The smallest absolute Gasteiger partial charge is 0.171 e. The molecule has 4 nitrogen and oxygen atoms in total. The Hall–Kier alpha value is -1.34. The maximum Gasteiger partial charge on any atom is 0.171 e. The van der Waals surface area contributed by atoms with E-state index in [1.807, 2.05) is 26.1 Å². The molecule has 0 aliphatic rings. The summed E-state index contributed by atoms with van der Waals surface area (Å²) >= 11 is 0. The third kappa shape index (κ3) is 2.07. The topological polar surface area (TPSA) is 50.8 Å². The minimum absolute atomic E-state index is 0.310. The summed E-state index contributed by atoms with van der Waals surface area (Å²) in [5.74, 6) is 0. The van der Waals surface area contributed by atoms with Crippen molar-refractivity contribution < 1.29 is 4.74 Å². The van der Waals surface area contributed by atoms with Gasteiger partial charge in [-0.2, -0.15) is 10.4 Å².